The highest BCUT2D eigenvalue weighted by atomic mass is 35.5. The molecule has 2 aromatic carbocycles. The molecule has 0 fully saturated rings. The van der Waals surface area contributed by atoms with E-state index in [4.69, 9.17) is 16.3 Å². The summed E-state index contributed by atoms with van der Waals surface area (Å²) in [6.45, 7) is 1.78. The Morgan fingerprint density at radius 1 is 1.00 bits per heavy atom. The molecule has 7 nitrogen and oxygen atoms in total. The lowest BCUT2D eigenvalue weighted by Crippen LogP contribution is -2.32. The normalized spacial score (nSPS) is 11.3. The van der Waals surface area contributed by atoms with Crippen molar-refractivity contribution in [2.24, 2.45) is 0 Å². The number of carbonyl (C=O) groups excluding carboxylic acids is 3. The molecular formula is C20H20ClNO6. The van der Waals surface area contributed by atoms with Crippen LogP contribution < -0.4 is 10.1 Å². The number of benzene rings is 2. The minimum atomic E-state index is -0.830. The molecule has 0 saturated carbocycles. The van der Waals surface area contributed by atoms with Gasteiger partial charge in [0.2, 0.25) is 0 Å². The number of anilines is 1. The smallest absolute Gasteiger partial charge is 0.337 e. The van der Waals surface area contributed by atoms with Crippen molar-refractivity contribution < 1.29 is 28.6 Å². The van der Waals surface area contributed by atoms with E-state index in [1.807, 2.05) is 0 Å². The van der Waals surface area contributed by atoms with Crippen LogP contribution in [0.5, 0.6) is 5.75 Å². The molecule has 0 radical (unpaired) electrons. The van der Waals surface area contributed by atoms with Crippen LogP contribution in [0.2, 0.25) is 5.02 Å². The zero-order valence-corrected chi connectivity index (χ0v) is 16.4. The molecule has 8 heteroatoms. The van der Waals surface area contributed by atoms with E-state index in [2.05, 4.69) is 14.8 Å². The monoisotopic (exact) mass is 405 g/mol. The van der Waals surface area contributed by atoms with E-state index < -0.39 is 23.9 Å². The van der Waals surface area contributed by atoms with Crippen molar-refractivity contribution in [1.29, 1.82) is 0 Å². The van der Waals surface area contributed by atoms with Gasteiger partial charge in [-0.05, 0) is 36.8 Å². The van der Waals surface area contributed by atoms with Crippen molar-refractivity contribution in [1.82, 2.24) is 0 Å². The van der Waals surface area contributed by atoms with E-state index in [0.717, 1.165) is 0 Å². The molecular weight excluding hydrogens is 386 g/mol. The molecule has 0 heterocycles. The van der Waals surface area contributed by atoms with Crippen LogP contribution in [0.3, 0.4) is 0 Å². The number of para-hydroxylation sites is 1. The third kappa shape index (κ3) is 5.23. The lowest BCUT2D eigenvalue weighted by Gasteiger charge is -2.18. The molecule has 1 atom stereocenters. The number of methoxy groups -OCH3 is 2. The molecule has 0 aliphatic carbocycles. The Morgan fingerprint density at radius 3 is 2.07 bits per heavy atom. The molecule has 0 spiro atoms. The Labute approximate surface area is 167 Å². The second kappa shape index (κ2) is 9.75. The fourth-order valence-corrected chi connectivity index (χ4v) is 2.59. The zero-order chi connectivity index (χ0) is 20.7. The maximum atomic E-state index is 12.6. The van der Waals surface area contributed by atoms with Gasteiger partial charge in [-0.1, -0.05) is 30.7 Å². The van der Waals surface area contributed by atoms with E-state index in [1.165, 1.54) is 32.4 Å². The van der Waals surface area contributed by atoms with E-state index in [1.54, 1.807) is 31.2 Å². The van der Waals surface area contributed by atoms with Gasteiger partial charge in [0.15, 0.2) is 6.10 Å². The molecule has 1 amide bonds. The third-order valence-corrected chi connectivity index (χ3v) is 4.12. The highest BCUT2D eigenvalue weighted by Crippen LogP contribution is 2.25. The van der Waals surface area contributed by atoms with Crippen LogP contribution in [0, 0.1) is 0 Å². The van der Waals surface area contributed by atoms with E-state index in [-0.39, 0.29) is 16.8 Å². The van der Waals surface area contributed by atoms with Gasteiger partial charge >= 0.3 is 11.9 Å². The maximum absolute atomic E-state index is 12.6. The second-order valence-electron chi connectivity index (χ2n) is 5.72. The Morgan fingerprint density at radius 2 is 1.57 bits per heavy atom. The van der Waals surface area contributed by atoms with Crippen molar-refractivity contribution in [2.45, 2.75) is 19.4 Å². The summed E-state index contributed by atoms with van der Waals surface area (Å²) < 4.78 is 15.1. The number of amides is 1. The van der Waals surface area contributed by atoms with Crippen molar-refractivity contribution in [3.05, 3.63) is 58.6 Å². The van der Waals surface area contributed by atoms with Gasteiger partial charge in [-0.15, -0.1) is 0 Å². The summed E-state index contributed by atoms with van der Waals surface area (Å²) in [5, 5.41) is 3.03. The van der Waals surface area contributed by atoms with Gasteiger partial charge in [0, 0.05) is 5.69 Å². The van der Waals surface area contributed by atoms with Crippen LogP contribution in [0.4, 0.5) is 5.69 Å². The summed E-state index contributed by atoms with van der Waals surface area (Å²) >= 11 is 6.07. The largest absolute Gasteiger partial charge is 0.479 e. The Kier molecular flexibility index (Phi) is 7.40. The summed E-state index contributed by atoms with van der Waals surface area (Å²) in [5.74, 6) is -1.38. The molecule has 0 saturated heterocycles. The summed E-state index contributed by atoms with van der Waals surface area (Å²) in [4.78, 5) is 36.4. The SMILES string of the molecule is CCC(Oc1ccccc1Cl)C(=O)Nc1cc(C(=O)OC)cc(C(=O)OC)c1. The van der Waals surface area contributed by atoms with E-state index in [9.17, 15) is 14.4 Å². The molecule has 2 aromatic rings. The highest BCUT2D eigenvalue weighted by Gasteiger charge is 2.21. The number of nitrogens with one attached hydrogen (secondary N) is 1. The first-order valence-corrected chi connectivity index (χ1v) is 8.81. The molecule has 0 bridgehead atoms. The van der Waals surface area contributed by atoms with E-state index >= 15 is 0 Å². The Bertz CT molecular complexity index is 848. The lowest BCUT2D eigenvalue weighted by molar-refractivity contribution is -0.122. The van der Waals surface area contributed by atoms with Gasteiger partial charge in [-0.2, -0.15) is 0 Å². The van der Waals surface area contributed by atoms with Gasteiger partial charge in [-0.3, -0.25) is 4.79 Å². The molecule has 1 unspecified atom stereocenters. The third-order valence-electron chi connectivity index (χ3n) is 3.81. The molecule has 0 aliphatic heterocycles. The first kappa shape index (κ1) is 21.2. The standard InChI is InChI=1S/C20H20ClNO6/c1-4-16(28-17-8-6-5-7-15(17)21)18(23)22-14-10-12(19(24)26-2)9-13(11-14)20(25)27-3/h5-11,16H,4H2,1-3H3,(H,22,23). The second-order valence-corrected chi connectivity index (χ2v) is 6.12. The molecule has 0 aromatic heterocycles. The van der Waals surface area contributed by atoms with Gasteiger partial charge < -0.3 is 19.5 Å². The fraction of sp³-hybridized carbons (Fsp3) is 0.250. The first-order valence-electron chi connectivity index (χ1n) is 8.43. The number of ether oxygens (including phenoxy) is 3. The number of esters is 2. The summed E-state index contributed by atoms with van der Waals surface area (Å²) in [6.07, 6.45) is -0.458. The number of carbonyl (C=O) groups is 3. The summed E-state index contributed by atoms with van der Waals surface area (Å²) in [5.41, 5.74) is 0.427. The van der Waals surface area contributed by atoms with Crippen molar-refractivity contribution in [3.8, 4) is 5.75 Å². The topological polar surface area (TPSA) is 90.9 Å². The molecule has 2 rings (SSSR count). The predicted molar refractivity (Wildman–Crippen MR) is 104 cm³/mol. The predicted octanol–water partition coefficient (Wildman–Crippen LogP) is 3.71. The van der Waals surface area contributed by atoms with Crippen LogP contribution in [0.15, 0.2) is 42.5 Å². The highest BCUT2D eigenvalue weighted by molar-refractivity contribution is 6.32. The van der Waals surface area contributed by atoms with Crippen LogP contribution in [-0.2, 0) is 14.3 Å². The van der Waals surface area contributed by atoms with Gasteiger partial charge in [0.25, 0.3) is 5.91 Å². The minimum Gasteiger partial charge on any atom is -0.479 e. The van der Waals surface area contributed by atoms with Crippen LogP contribution in [-0.4, -0.2) is 38.2 Å². The Balaban J connectivity index is 2.26. The van der Waals surface area contributed by atoms with Crippen molar-refractivity contribution >= 4 is 35.1 Å². The minimum absolute atomic E-state index is 0.0979. The zero-order valence-electron chi connectivity index (χ0n) is 15.7. The number of hydrogen-bond acceptors (Lipinski definition) is 6. The van der Waals surface area contributed by atoms with Crippen LogP contribution in [0.1, 0.15) is 34.1 Å². The van der Waals surface area contributed by atoms with Crippen molar-refractivity contribution in [3.63, 3.8) is 0 Å². The van der Waals surface area contributed by atoms with Gasteiger partial charge in [0.1, 0.15) is 5.75 Å². The fourth-order valence-electron chi connectivity index (χ4n) is 2.41. The summed E-state index contributed by atoms with van der Waals surface area (Å²) in [6, 6.07) is 10.9. The number of halogens is 1. The van der Waals surface area contributed by atoms with E-state index in [0.29, 0.717) is 17.2 Å². The van der Waals surface area contributed by atoms with Crippen molar-refractivity contribution in [2.75, 3.05) is 19.5 Å². The average molecular weight is 406 g/mol. The first-order chi connectivity index (χ1) is 13.4. The quantitative estimate of drug-likeness (QED) is 0.706. The maximum Gasteiger partial charge on any atom is 0.337 e. The summed E-state index contributed by atoms with van der Waals surface area (Å²) in [7, 11) is 2.44. The number of hydrogen-bond donors (Lipinski definition) is 1. The lowest BCUT2D eigenvalue weighted by atomic mass is 10.1. The Hall–Kier alpha value is -3.06. The number of rotatable bonds is 7. The molecule has 0 aliphatic rings. The molecule has 1 N–H and O–H groups in total. The van der Waals surface area contributed by atoms with Gasteiger partial charge in [-0.25, -0.2) is 9.59 Å². The average Bonchev–Trinajstić information content (AvgIpc) is 2.71. The van der Waals surface area contributed by atoms with Crippen LogP contribution >= 0.6 is 11.6 Å². The molecule has 28 heavy (non-hydrogen) atoms. The van der Waals surface area contributed by atoms with Gasteiger partial charge in [0.05, 0.1) is 30.4 Å². The molecule has 148 valence electrons. The van der Waals surface area contributed by atoms with Crippen LogP contribution in [0.25, 0.3) is 0 Å².